The van der Waals surface area contributed by atoms with E-state index in [0.717, 1.165) is 0 Å². The number of nitrogens with zero attached hydrogens (tertiary/aromatic N) is 2. The van der Waals surface area contributed by atoms with Gasteiger partial charge in [-0.1, -0.05) is 0 Å². The van der Waals surface area contributed by atoms with Crippen molar-refractivity contribution in [2.75, 3.05) is 19.5 Å². The van der Waals surface area contributed by atoms with Gasteiger partial charge in [0.05, 0.1) is 12.9 Å². The van der Waals surface area contributed by atoms with E-state index in [1.165, 1.54) is 13.3 Å². The molecule has 2 aromatic heterocycles. The van der Waals surface area contributed by atoms with Crippen LogP contribution < -0.4 is 4.74 Å². The number of aliphatic hydroxyl groups excluding tert-OH is 1. The third-order valence-electron chi connectivity index (χ3n) is 2.58. The van der Waals surface area contributed by atoms with E-state index >= 15 is 0 Å². The lowest BCUT2D eigenvalue weighted by Gasteiger charge is -2.09. The summed E-state index contributed by atoms with van der Waals surface area (Å²) in [6.07, 6.45) is 4.93. The molecule has 0 saturated carbocycles. The molecule has 0 aliphatic carbocycles. The maximum Gasteiger partial charge on any atom is 0.183 e. The van der Waals surface area contributed by atoms with Crippen molar-refractivity contribution in [3.8, 4) is 5.75 Å². The Morgan fingerprint density at radius 3 is 2.94 bits per heavy atom. The van der Waals surface area contributed by atoms with Gasteiger partial charge in [0, 0.05) is 31.3 Å². The number of sulfone groups is 1. The lowest BCUT2D eigenvalue weighted by Crippen LogP contribution is -2.10. The van der Waals surface area contributed by atoms with Crippen molar-refractivity contribution in [1.82, 2.24) is 9.38 Å². The summed E-state index contributed by atoms with van der Waals surface area (Å²) in [4.78, 5) is 4.18. The highest BCUT2D eigenvalue weighted by molar-refractivity contribution is 7.91. The van der Waals surface area contributed by atoms with Crippen LogP contribution in [-0.4, -0.2) is 42.4 Å². The number of methoxy groups -OCH3 is 1. The Morgan fingerprint density at radius 1 is 1.50 bits per heavy atom. The number of ether oxygens (including phenoxy) is 1. The highest BCUT2D eigenvalue weighted by atomic mass is 32.2. The van der Waals surface area contributed by atoms with E-state index in [1.54, 1.807) is 22.9 Å². The molecule has 98 valence electrons. The number of hydrogen-bond acceptors (Lipinski definition) is 5. The molecule has 0 saturated heterocycles. The second-order valence-corrected chi connectivity index (χ2v) is 5.87. The van der Waals surface area contributed by atoms with Gasteiger partial charge in [0.25, 0.3) is 0 Å². The van der Waals surface area contributed by atoms with Gasteiger partial charge in [-0.15, -0.1) is 0 Å². The zero-order valence-corrected chi connectivity index (χ0v) is 10.7. The van der Waals surface area contributed by atoms with E-state index in [-0.39, 0.29) is 29.4 Å². The van der Waals surface area contributed by atoms with E-state index in [1.807, 2.05) is 0 Å². The van der Waals surface area contributed by atoms with Crippen molar-refractivity contribution in [2.45, 2.75) is 11.3 Å². The molecule has 0 unspecified atom stereocenters. The number of pyridine rings is 1. The third-order valence-corrected chi connectivity index (χ3v) is 4.39. The minimum absolute atomic E-state index is 0.111. The molecule has 0 spiro atoms. The molecule has 1 N–H and O–H groups in total. The van der Waals surface area contributed by atoms with Gasteiger partial charge >= 0.3 is 0 Å². The summed E-state index contributed by atoms with van der Waals surface area (Å²) >= 11 is 0. The van der Waals surface area contributed by atoms with Crippen LogP contribution in [0.3, 0.4) is 0 Å². The number of hydrogen-bond donors (Lipinski definition) is 1. The molecule has 0 atom stereocenters. The number of rotatable bonds is 5. The Kier molecular flexibility index (Phi) is 3.53. The fraction of sp³-hybridized carbons (Fsp3) is 0.364. The number of fused-ring (bicyclic) bond motifs is 1. The van der Waals surface area contributed by atoms with Gasteiger partial charge < -0.3 is 14.2 Å². The molecule has 0 amide bonds. The molecule has 6 nitrogen and oxygen atoms in total. The Bertz CT molecular complexity index is 648. The maximum atomic E-state index is 12.1. The molecule has 2 aromatic rings. The van der Waals surface area contributed by atoms with E-state index in [9.17, 15) is 8.42 Å². The summed E-state index contributed by atoms with van der Waals surface area (Å²) in [5, 5.41) is 8.73. The fourth-order valence-electron chi connectivity index (χ4n) is 1.68. The normalized spacial score (nSPS) is 11.9. The standard InChI is InChI=1S/C11H14N2O4S/c1-17-9-7-11-12-3-4-13(11)8-10(9)18(15,16)6-2-5-14/h3-4,7-8,14H,2,5-6H2,1H3. The second kappa shape index (κ2) is 4.95. The zero-order chi connectivity index (χ0) is 13.2. The summed E-state index contributed by atoms with van der Waals surface area (Å²) < 4.78 is 30.9. The minimum atomic E-state index is -3.47. The van der Waals surface area contributed by atoms with Crippen LogP contribution in [0.4, 0.5) is 0 Å². The predicted octanol–water partition coefficient (Wildman–Crippen LogP) is 0.499. The van der Waals surface area contributed by atoms with Gasteiger partial charge in [-0.25, -0.2) is 13.4 Å². The summed E-state index contributed by atoms with van der Waals surface area (Å²) in [5.74, 6) is 0.159. The Morgan fingerprint density at radius 2 is 2.28 bits per heavy atom. The van der Waals surface area contributed by atoms with Crippen molar-refractivity contribution in [2.24, 2.45) is 0 Å². The van der Waals surface area contributed by atoms with E-state index in [2.05, 4.69) is 4.98 Å². The monoisotopic (exact) mass is 270 g/mol. The third kappa shape index (κ3) is 2.32. The zero-order valence-electron chi connectivity index (χ0n) is 9.91. The van der Waals surface area contributed by atoms with Crippen molar-refractivity contribution >= 4 is 15.5 Å². The molecular formula is C11H14N2O4S. The van der Waals surface area contributed by atoms with Crippen LogP contribution in [0.2, 0.25) is 0 Å². The van der Waals surface area contributed by atoms with E-state index < -0.39 is 9.84 Å². The van der Waals surface area contributed by atoms with Gasteiger partial charge in [-0.2, -0.15) is 0 Å². The summed E-state index contributed by atoms with van der Waals surface area (Å²) in [6, 6.07) is 1.58. The van der Waals surface area contributed by atoms with Crippen LogP contribution >= 0.6 is 0 Å². The molecule has 18 heavy (non-hydrogen) atoms. The second-order valence-electron chi connectivity index (χ2n) is 3.79. The van der Waals surface area contributed by atoms with Crippen molar-refractivity contribution in [1.29, 1.82) is 0 Å². The summed E-state index contributed by atoms with van der Waals surface area (Å²) in [5.41, 5.74) is 0.618. The van der Waals surface area contributed by atoms with Crippen LogP contribution in [0, 0.1) is 0 Å². The first-order chi connectivity index (χ1) is 8.58. The molecular weight excluding hydrogens is 256 g/mol. The molecule has 2 heterocycles. The Hall–Kier alpha value is -1.60. The van der Waals surface area contributed by atoms with E-state index in [4.69, 9.17) is 9.84 Å². The molecule has 2 rings (SSSR count). The van der Waals surface area contributed by atoms with Crippen LogP contribution in [0.1, 0.15) is 6.42 Å². The van der Waals surface area contributed by atoms with Gasteiger partial charge in [-0.3, -0.25) is 0 Å². The van der Waals surface area contributed by atoms with E-state index in [0.29, 0.717) is 5.65 Å². The topological polar surface area (TPSA) is 80.9 Å². The number of aromatic nitrogens is 2. The molecule has 7 heteroatoms. The highest BCUT2D eigenvalue weighted by Gasteiger charge is 2.20. The van der Waals surface area contributed by atoms with Crippen LogP contribution in [-0.2, 0) is 9.84 Å². The summed E-state index contributed by atoms with van der Waals surface area (Å²) in [6.45, 7) is -0.158. The van der Waals surface area contributed by atoms with Crippen molar-refractivity contribution in [3.63, 3.8) is 0 Å². The minimum Gasteiger partial charge on any atom is -0.495 e. The molecule has 0 radical (unpaired) electrons. The van der Waals surface area contributed by atoms with Crippen LogP contribution in [0.5, 0.6) is 5.75 Å². The average Bonchev–Trinajstić information content (AvgIpc) is 2.82. The highest BCUT2D eigenvalue weighted by Crippen LogP contribution is 2.26. The first kappa shape index (κ1) is 12.8. The molecule has 0 aliphatic heterocycles. The number of imidazole rings is 1. The van der Waals surface area contributed by atoms with Gasteiger partial charge in [0.1, 0.15) is 16.3 Å². The van der Waals surface area contributed by atoms with Gasteiger partial charge in [0.2, 0.25) is 0 Å². The SMILES string of the molecule is COc1cc2nccn2cc1S(=O)(=O)CCCO. The number of aliphatic hydroxyl groups is 1. The fourth-order valence-corrected chi connectivity index (χ4v) is 3.13. The quantitative estimate of drug-likeness (QED) is 0.855. The summed E-state index contributed by atoms with van der Waals surface area (Å²) in [7, 11) is -2.05. The molecule has 0 fully saturated rings. The smallest absolute Gasteiger partial charge is 0.183 e. The lowest BCUT2D eigenvalue weighted by atomic mass is 10.4. The Balaban J connectivity index is 2.54. The first-order valence-corrected chi connectivity index (χ1v) is 7.08. The Labute approximate surface area is 105 Å². The van der Waals surface area contributed by atoms with Crippen LogP contribution in [0.15, 0.2) is 29.6 Å². The molecule has 0 aliphatic rings. The average molecular weight is 270 g/mol. The van der Waals surface area contributed by atoms with Crippen molar-refractivity contribution < 1.29 is 18.3 Å². The van der Waals surface area contributed by atoms with Crippen molar-refractivity contribution in [3.05, 3.63) is 24.7 Å². The van der Waals surface area contributed by atoms with Crippen LogP contribution in [0.25, 0.3) is 5.65 Å². The predicted molar refractivity (Wildman–Crippen MR) is 65.5 cm³/mol. The molecule has 0 bridgehead atoms. The largest absolute Gasteiger partial charge is 0.495 e. The first-order valence-electron chi connectivity index (χ1n) is 5.43. The van der Waals surface area contributed by atoms with Gasteiger partial charge in [-0.05, 0) is 6.42 Å². The molecule has 0 aromatic carbocycles. The van der Waals surface area contributed by atoms with Gasteiger partial charge in [0.15, 0.2) is 9.84 Å². The lowest BCUT2D eigenvalue weighted by molar-refractivity contribution is 0.295. The maximum absolute atomic E-state index is 12.1.